The molecule has 2 aromatic heterocycles. The Balaban J connectivity index is 2.30. The van der Waals surface area contributed by atoms with Crippen LogP contribution in [-0.2, 0) is 0 Å². The van der Waals surface area contributed by atoms with Crippen molar-refractivity contribution in [3.05, 3.63) is 60.6 Å². The summed E-state index contributed by atoms with van der Waals surface area (Å²) in [4.78, 5) is 15.5. The average molecular weight is 238 g/mol. The molecule has 3 aromatic rings. The minimum absolute atomic E-state index is 0.266. The molecule has 0 bridgehead atoms. The third kappa shape index (κ3) is 1.55. The van der Waals surface area contributed by atoms with Gasteiger partial charge >= 0.3 is 5.97 Å². The fourth-order valence-corrected chi connectivity index (χ4v) is 2.03. The van der Waals surface area contributed by atoms with Crippen LogP contribution in [-0.4, -0.2) is 20.5 Å². The van der Waals surface area contributed by atoms with Gasteiger partial charge in [0.2, 0.25) is 0 Å². The van der Waals surface area contributed by atoms with Crippen LogP contribution in [0.5, 0.6) is 0 Å². The Labute approximate surface area is 103 Å². The number of carboxylic acids is 1. The number of hydrogen-bond acceptors (Lipinski definition) is 2. The largest absolute Gasteiger partial charge is 0.478 e. The number of imidazole rings is 1. The molecular weight excluding hydrogens is 228 g/mol. The fourth-order valence-electron chi connectivity index (χ4n) is 2.03. The number of aromatic nitrogens is 2. The number of benzene rings is 1. The Bertz CT molecular complexity index is 731. The average Bonchev–Trinajstić information content (AvgIpc) is 2.82. The summed E-state index contributed by atoms with van der Waals surface area (Å²) in [5, 5.41) is 9.20. The molecule has 0 saturated heterocycles. The molecule has 0 aliphatic heterocycles. The van der Waals surface area contributed by atoms with E-state index in [4.69, 9.17) is 0 Å². The van der Waals surface area contributed by atoms with Gasteiger partial charge in [-0.05, 0) is 18.2 Å². The number of carboxylic acid groups (broad SMARTS) is 1. The van der Waals surface area contributed by atoms with Crippen molar-refractivity contribution in [2.45, 2.75) is 0 Å². The number of nitrogens with zero attached hydrogens (tertiary/aromatic N) is 2. The highest BCUT2D eigenvalue weighted by Gasteiger charge is 2.14. The molecule has 0 amide bonds. The summed E-state index contributed by atoms with van der Waals surface area (Å²) in [6.07, 6.45) is 3.57. The third-order valence-electron chi connectivity index (χ3n) is 2.86. The van der Waals surface area contributed by atoms with Crippen LogP contribution >= 0.6 is 0 Å². The summed E-state index contributed by atoms with van der Waals surface area (Å²) in [6.45, 7) is 0. The van der Waals surface area contributed by atoms with Gasteiger partial charge in [-0.2, -0.15) is 0 Å². The van der Waals surface area contributed by atoms with Gasteiger partial charge in [0.15, 0.2) is 0 Å². The maximum absolute atomic E-state index is 11.2. The molecule has 88 valence electrons. The van der Waals surface area contributed by atoms with Crippen LogP contribution in [0.1, 0.15) is 10.4 Å². The Morgan fingerprint density at radius 3 is 2.72 bits per heavy atom. The highest BCUT2D eigenvalue weighted by atomic mass is 16.4. The minimum Gasteiger partial charge on any atom is -0.478 e. The number of rotatable bonds is 2. The van der Waals surface area contributed by atoms with Crippen molar-refractivity contribution in [1.82, 2.24) is 9.38 Å². The number of fused-ring (bicyclic) bond motifs is 1. The Morgan fingerprint density at radius 2 is 1.89 bits per heavy atom. The number of aromatic carboxylic acids is 1. The molecule has 2 heterocycles. The second kappa shape index (κ2) is 4.00. The molecule has 3 rings (SSSR count). The first-order valence-electron chi connectivity index (χ1n) is 5.52. The van der Waals surface area contributed by atoms with E-state index in [-0.39, 0.29) is 5.56 Å². The Hall–Kier alpha value is -2.62. The van der Waals surface area contributed by atoms with Gasteiger partial charge in [0.05, 0.1) is 23.1 Å². The SMILES string of the molecule is O=C(O)c1ccccc1-c1ncn2ccccc12. The molecule has 0 radical (unpaired) electrons. The van der Waals surface area contributed by atoms with Gasteiger partial charge in [-0.3, -0.25) is 0 Å². The van der Waals surface area contributed by atoms with Gasteiger partial charge in [-0.1, -0.05) is 24.3 Å². The van der Waals surface area contributed by atoms with E-state index in [0.29, 0.717) is 11.3 Å². The molecule has 0 spiro atoms. The van der Waals surface area contributed by atoms with E-state index < -0.39 is 5.97 Å². The van der Waals surface area contributed by atoms with Gasteiger partial charge < -0.3 is 9.51 Å². The first-order chi connectivity index (χ1) is 8.77. The predicted molar refractivity (Wildman–Crippen MR) is 67.6 cm³/mol. The molecule has 0 atom stereocenters. The van der Waals surface area contributed by atoms with E-state index in [0.717, 1.165) is 5.52 Å². The van der Waals surface area contributed by atoms with Crippen LogP contribution in [0.15, 0.2) is 55.0 Å². The third-order valence-corrected chi connectivity index (χ3v) is 2.86. The Kier molecular flexibility index (Phi) is 2.34. The van der Waals surface area contributed by atoms with Crippen LogP contribution in [0.3, 0.4) is 0 Å². The minimum atomic E-state index is -0.942. The summed E-state index contributed by atoms with van der Waals surface area (Å²) in [5.41, 5.74) is 2.49. The molecule has 4 nitrogen and oxygen atoms in total. The van der Waals surface area contributed by atoms with E-state index in [1.165, 1.54) is 0 Å². The Morgan fingerprint density at radius 1 is 1.11 bits per heavy atom. The van der Waals surface area contributed by atoms with Crippen molar-refractivity contribution in [1.29, 1.82) is 0 Å². The molecule has 4 heteroatoms. The van der Waals surface area contributed by atoms with E-state index >= 15 is 0 Å². The van der Waals surface area contributed by atoms with Crippen LogP contribution in [0, 0.1) is 0 Å². The zero-order chi connectivity index (χ0) is 12.5. The standard InChI is InChI=1S/C14H10N2O2/c17-14(18)11-6-2-1-5-10(11)13-12-7-3-4-8-16(12)9-15-13/h1-9H,(H,17,18). The van der Waals surface area contributed by atoms with Crippen molar-refractivity contribution in [3.63, 3.8) is 0 Å². The molecule has 1 aromatic carbocycles. The molecule has 0 unspecified atom stereocenters. The van der Waals surface area contributed by atoms with Crippen molar-refractivity contribution in [2.24, 2.45) is 0 Å². The maximum atomic E-state index is 11.2. The topological polar surface area (TPSA) is 54.6 Å². The monoisotopic (exact) mass is 238 g/mol. The maximum Gasteiger partial charge on any atom is 0.336 e. The highest BCUT2D eigenvalue weighted by Crippen LogP contribution is 2.26. The summed E-state index contributed by atoms with van der Waals surface area (Å²) in [6, 6.07) is 12.6. The van der Waals surface area contributed by atoms with Crippen LogP contribution in [0.2, 0.25) is 0 Å². The zero-order valence-corrected chi connectivity index (χ0v) is 9.45. The molecule has 18 heavy (non-hydrogen) atoms. The van der Waals surface area contributed by atoms with E-state index in [1.54, 1.807) is 24.5 Å². The molecule has 0 aliphatic carbocycles. The van der Waals surface area contributed by atoms with Crippen molar-refractivity contribution < 1.29 is 9.90 Å². The zero-order valence-electron chi connectivity index (χ0n) is 9.45. The lowest BCUT2D eigenvalue weighted by Crippen LogP contribution is -1.99. The smallest absolute Gasteiger partial charge is 0.336 e. The second-order valence-electron chi connectivity index (χ2n) is 3.94. The van der Waals surface area contributed by atoms with E-state index in [2.05, 4.69) is 4.98 Å². The second-order valence-corrected chi connectivity index (χ2v) is 3.94. The first-order valence-corrected chi connectivity index (χ1v) is 5.52. The van der Waals surface area contributed by atoms with Crippen molar-refractivity contribution in [3.8, 4) is 11.3 Å². The molecule has 0 fully saturated rings. The fraction of sp³-hybridized carbons (Fsp3) is 0. The lowest BCUT2D eigenvalue weighted by atomic mass is 10.0. The van der Waals surface area contributed by atoms with Crippen molar-refractivity contribution >= 4 is 11.5 Å². The van der Waals surface area contributed by atoms with Gasteiger partial charge in [0.1, 0.15) is 0 Å². The molecule has 1 N–H and O–H groups in total. The van der Waals surface area contributed by atoms with Gasteiger partial charge in [0.25, 0.3) is 0 Å². The lowest BCUT2D eigenvalue weighted by Gasteiger charge is -2.03. The van der Waals surface area contributed by atoms with Gasteiger partial charge in [0, 0.05) is 11.8 Å². The summed E-state index contributed by atoms with van der Waals surface area (Å²) >= 11 is 0. The van der Waals surface area contributed by atoms with Gasteiger partial charge in [-0.25, -0.2) is 9.78 Å². The van der Waals surface area contributed by atoms with Crippen LogP contribution in [0.4, 0.5) is 0 Å². The summed E-state index contributed by atoms with van der Waals surface area (Å²) < 4.78 is 1.87. The van der Waals surface area contributed by atoms with Crippen LogP contribution < -0.4 is 0 Å². The lowest BCUT2D eigenvalue weighted by molar-refractivity contribution is 0.0697. The summed E-state index contributed by atoms with van der Waals surface area (Å²) in [7, 11) is 0. The highest BCUT2D eigenvalue weighted by molar-refractivity contribution is 5.97. The number of carbonyl (C=O) groups is 1. The normalized spacial score (nSPS) is 10.7. The quantitative estimate of drug-likeness (QED) is 0.746. The van der Waals surface area contributed by atoms with Gasteiger partial charge in [-0.15, -0.1) is 0 Å². The summed E-state index contributed by atoms with van der Waals surface area (Å²) in [5.74, 6) is -0.942. The van der Waals surface area contributed by atoms with E-state index in [1.807, 2.05) is 34.9 Å². The van der Waals surface area contributed by atoms with E-state index in [9.17, 15) is 9.90 Å². The molecular formula is C14H10N2O2. The molecule has 0 saturated carbocycles. The number of hydrogen-bond donors (Lipinski definition) is 1. The number of pyridine rings is 1. The predicted octanol–water partition coefficient (Wildman–Crippen LogP) is 2.70. The van der Waals surface area contributed by atoms with Crippen LogP contribution in [0.25, 0.3) is 16.8 Å². The first kappa shape index (κ1) is 10.5. The molecule has 0 aliphatic rings. The van der Waals surface area contributed by atoms with Crippen molar-refractivity contribution in [2.75, 3.05) is 0 Å².